The van der Waals surface area contributed by atoms with E-state index in [0.29, 0.717) is 0 Å². The molecule has 0 saturated carbocycles. The van der Waals surface area contributed by atoms with Crippen LogP contribution in [0.5, 0.6) is 0 Å². The maximum absolute atomic E-state index is 4.96. The summed E-state index contributed by atoms with van der Waals surface area (Å²) >= 11 is -0.806. The number of allylic oxidation sites excluding steroid dienone is 2. The molecule has 4 nitrogen and oxygen atoms in total. The molecule has 1 N–H and O–H groups in total. The van der Waals surface area contributed by atoms with E-state index in [2.05, 4.69) is 75.5 Å². The van der Waals surface area contributed by atoms with Crippen molar-refractivity contribution >= 4 is 52.9 Å². The van der Waals surface area contributed by atoms with Crippen molar-refractivity contribution in [2.45, 2.75) is 26.4 Å². The van der Waals surface area contributed by atoms with E-state index in [1.807, 2.05) is 6.20 Å². The summed E-state index contributed by atoms with van der Waals surface area (Å²) in [6.07, 6.45) is 9.94. The second-order valence-electron chi connectivity index (χ2n) is 7.77. The average Bonchev–Trinajstić information content (AvgIpc) is 3.06. The number of nitrogens with one attached hydrogen (secondary N) is 1. The SMILES string of the molecule is CCc1ncc2c(n1)c1c(c3ccc(C)cc32)NC2C=C(CI(C)C)C=CN12. The van der Waals surface area contributed by atoms with Crippen LogP contribution >= 0.6 is 19.8 Å². The van der Waals surface area contributed by atoms with Crippen LogP contribution in [-0.2, 0) is 6.42 Å². The molecule has 0 fully saturated rings. The predicted octanol–water partition coefficient (Wildman–Crippen LogP) is 5.43. The van der Waals surface area contributed by atoms with Crippen LogP contribution in [0.4, 0.5) is 11.4 Å². The number of hydrogen-bond acceptors (Lipinski definition) is 4. The number of aryl methyl sites for hydroxylation is 2. The molecule has 2 aliphatic rings. The number of nitrogens with zero attached hydrogens (tertiary/aromatic N) is 3. The van der Waals surface area contributed by atoms with Gasteiger partial charge in [-0.1, -0.05) is 0 Å². The monoisotopic (exact) mass is 484 g/mol. The van der Waals surface area contributed by atoms with Crippen molar-refractivity contribution in [2.75, 3.05) is 24.5 Å². The number of halogens is 1. The van der Waals surface area contributed by atoms with E-state index >= 15 is 0 Å². The average molecular weight is 484 g/mol. The maximum atomic E-state index is 4.96. The fourth-order valence-corrected chi connectivity index (χ4v) is 6.46. The van der Waals surface area contributed by atoms with Crippen molar-refractivity contribution < 1.29 is 0 Å². The molecule has 0 amide bonds. The number of fused-ring (bicyclic) bond motifs is 8. The molecule has 144 valence electrons. The fraction of sp³-hybridized carbons (Fsp3) is 0.304. The Hall–Kier alpha value is -2.15. The van der Waals surface area contributed by atoms with E-state index in [0.717, 1.165) is 23.1 Å². The molecule has 2 aromatic carbocycles. The molecule has 5 rings (SSSR count). The first-order chi connectivity index (χ1) is 13.5. The van der Waals surface area contributed by atoms with E-state index in [4.69, 9.17) is 4.98 Å². The summed E-state index contributed by atoms with van der Waals surface area (Å²) in [6.45, 7) is 4.25. The van der Waals surface area contributed by atoms with Gasteiger partial charge in [-0.25, -0.2) is 0 Å². The first-order valence-electron chi connectivity index (χ1n) is 9.67. The third kappa shape index (κ3) is 2.79. The molecule has 3 heterocycles. The van der Waals surface area contributed by atoms with Crippen LogP contribution in [0, 0.1) is 6.92 Å². The zero-order valence-corrected chi connectivity index (χ0v) is 18.9. The van der Waals surface area contributed by atoms with Crippen LogP contribution in [0.3, 0.4) is 0 Å². The third-order valence-electron chi connectivity index (χ3n) is 5.44. The summed E-state index contributed by atoms with van der Waals surface area (Å²) < 4.78 is 1.26. The van der Waals surface area contributed by atoms with E-state index in [1.54, 1.807) is 0 Å². The Morgan fingerprint density at radius 3 is 2.82 bits per heavy atom. The number of alkyl halides is 3. The second-order valence-corrected chi connectivity index (χ2v) is 13.7. The predicted molar refractivity (Wildman–Crippen MR) is 129 cm³/mol. The first kappa shape index (κ1) is 17.9. The number of hydrogen-bond donors (Lipinski definition) is 1. The normalized spacial score (nSPS) is 18.1. The molecule has 0 bridgehead atoms. The van der Waals surface area contributed by atoms with E-state index in [9.17, 15) is 0 Å². The second kappa shape index (κ2) is 6.72. The molecule has 0 spiro atoms. The molecule has 2 aliphatic heterocycles. The van der Waals surface area contributed by atoms with Crippen molar-refractivity contribution in [2.24, 2.45) is 0 Å². The Morgan fingerprint density at radius 1 is 1.18 bits per heavy atom. The number of anilines is 2. The van der Waals surface area contributed by atoms with Crippen molar-refractivity contribution in [1.82, 2.24) is 9.97 Å². The van der Waals surface area contributed by atoms with Gasteiger partial charge in [0.15, 0.2) is 0 Å². The van der Waals surface area contributed by atoms with Gasteiger partial charge in [-0.05, 0) is 0 Å². The minimum absolute atomic E-state index is 0.168. The zero-order chi connectivity index (χ0) is 19.4. The first-order valence-corrected chi connectivity index (χ1v) is 15.5. The zero-order valence-electron chi connectivity index (χ0n) is 16.8. The summed E-state index contributed by atoms with van der Waals surface area (Å²) in [5.74, 6) is 0.897. The Bertz CT molecular complexity index is 1160. The Balaban J connectivity index is 1.77. The van der Waals surface area contributed by atoms with Crippen molar-refractivity contribution in [3.8, 4) is 0 Å². The van der Waals surface area contributed by atoms with Gasteiger partial charge in [0.2, 0.25) is 0 Å². The Labute approximate surface area is 173 Å². The number of benzene rings is 2. The quantitative estimate of drug-likeness (QED) is 0.306. The van der Waals surface area contributed by atoms with Crippen LogP contribution in [0.25, 0.3) is 21.7 Å². The molecule has 1 atom stereocenters. The van der Waals surface area contributed by atoms with Gasteiger partial charge in [0, 0.05) is 0 Å². The van der Waals surface area contributed by atoms with Crippen LogP contribution < -0.4 is 10.2 Å². The molecule has 0 saturated heterocycles. The van der Waals surface area contributed by atoms with E-state index in [1.165, 1.54) is 37.7 Å². The van der Waals surface area contributed by atoms with Crippen LogP contribution in [0.1, 0.15) is 18.3 Å². The van der Waals surface area contributed by atoms with Crippen molar-refractivity contribution in [3.63, 3.8) is 0 Å². The van der Waals surface area contributed by atoms with Gasteiger partial charge in [-0.15, -0.1) is 0 Å². The molecule has 1 aromatic heterocycles. The summed E-state index contributed by atoms with van der Waals surface area (Å²) in [4.78, 5) is 16.8. The van der Waals surface area contributed by atoms with Crippen molar-refractivity contribution in [1.29, 1.82) is 0 Å². The topological polar surface area (TPSA) is 41.1 Å². The summed E-state index contributed by atoms with van der Waals surface area (Å²) in [5.41, 5.74) is 6.15. The van der Waals surface area contributed by atoms with Gasteiger partial charge in [-0.2, -0.15) is 0 Å². The number of aromatic nitrogens is 2. The van der Waals surface area contributed by atoms with Crippen LogP contribution in [0.15, 0.2) is 48.3 Å². The molecule has 28 heavy (non-hydrogen) atoms. The number of rotatable bonds is 3. The van der Waals surface area contributed by atoms with Gasteiger partial charge in [0.25, 0.3) is 0 Å². The Kier molecular flexibility index (Phi) is 4.30. The van der Waals surface area contributed by atoms with Gasteiger partial charge < -0.3 is 0 Å². The van der Waals surface area contributed by atoms with Gasteiger partial charge in [0.1, 0.15) is 0 Å². The fourth-order valence-electron chi connectivity index (χ4n) is 4.19. The van der Waals surface area contributed by atoms with Gasteiger partial charge in [0.05, 0.1) is 0 Å². The third-order valence-corrected chi connectivity index (χ3v) is 7.85. The summed E-state index contributed by atoms with van der Waals surface area (Å²) in [5, 5.41) is 7.40. The van der Waals surface area contributed by atoms with Crippen molar-refractivity contribution in [3.05, 3.63) is 59.7 Å². The standard InChI is InChI=1S/C23H25IN4/c1-5-19-25-13-18-17-10-14(2)6-7-16(17)21-23(22(18)26-19)28-9-8-15(12-24(3)4)11-20(28)27-21/h6-11,13,20,27H,5,12H2,1-4H3. The summed E-state index contributed by atoms with van der Waals surface area (Å²) in [6, 6.07) is 6.68. The van der Waals surface area contributed by atoms with Gasteiger partial charge in [-0.3, -0.25) is 0 Å². The van der Waals surface area contributed by atoms with Crippen LogP contribution in [-0.4, -0.2) is 30.4 Å². The van der Waals surface area contributed by atoms with E-state index < -0.39 is 19.8 Å². The molecule has 0 aliphatic carbocycles. The molecule has 5 heteroatoms. The minimum atomic E-state index is -0.806. The Morgan fingerprint density at radius 2 is 2.04 bits per heavy atom. The molecule has 0 radical (unpaired) electrons. The van der Waals surface area contributed by atoms with Gasteiger partial charge >= 0.3 is 173 Å². The van der Waals surface area contributed by atoms with Crippen LogP contribution in [0.2, 0.25) is 0 Å². The molecule has 3 aromatic rings. The van der Waals surface area contributed by atoms with E-state index in [-0.39, 0.29) is 6.17 Å². The molecule has 1 unspecified atom stereocenters. The molecular formula is C23H25IN4. The molecular weight excluding hydrogens is 459 g/mol. The summed E-state index contributed by atoms with van der Waals surface area (Å²) in [7, 11) is 0.